The van der Waals surface area contributed by atoms with Crippen LogP contribution in [0.5, 0.6) is 0 Å². The van der Waals surface area contributed by atoms with E-state index in [2.05, 4.69) is 50.4 Å². The molecule has 0 heterocycles. The van der Waals surface area contributed by atoms with E-state index in [1.54, 1.807) is 0 Å². The third-order valence-electron chi connectivity index (χ3n) is 2.42. The van der Waals surface area contributed by atoms with Gasteiger partial charge in [0.15, 0.2) is 0 Å². The number of nitrogens with one attached hydrogen (secondary N) is 1. The minimum Gasteiger partial charge on any atom is -0.383 e. The largest absolute Gasteiger partial charge is 0.383 e. The van der Waals surface area contributed by atoms with E-state index in [-0.39, 0.29) is 0 Å². The van der Waals surface area contributed by atoms with Crippen LogP contribution in [0.25, 0.3) is 0 Å². The molecular formula is C13H21N. The van der Waals surface area contributed by atoms with E-state index in [1.165, 1.54) is 30.5 Å². The van der Waals surface area contributed by atoms with Crippen LogP contribution in [0.2, 0.25) is 0 Å². The predicted octanol–water partition coefficient (Wildman–Crippen LogP) is 3.99. The Balaban J connectivity index is 2.43. The van der Waals surface area contributed by atoms with Crippen LogP contribution < -0.4 is 5.32 Å². The minimum atomic E-state index is 0.580. The second-order valence-corrected chi connectivity index (χ2v) is 4.06. The van der Waals surface area contributed by atoms with E-state index < -0.39 is 0 Å². The van der Waals surface area contributed by atoms with E-state index in [0.29, 0.717) is 6.04 Å². The molecule has 1 aromatic carbocycles. The molecule has 14 heavy (non-hydrogen) atoms. The maximum atomic E-state index is 3.52. The number of anilines is 1. The van der Waals surface area contributed by atoms with Crippen LogP contribution in [0.4, 0.5) is 5.69 Å². The highest BCUT2D eigenvalue weighted by molar-refractivity contribution is 5.45. The summed E-state index contributed by atoms with van der Waals surface area (Å²) in [7, 11) is 0. The summed E-state index contributed by atoms with van der Waals surface area (Å²) in [5.74, 6) is 0. The van der Waals surface area contributed by atoms with Crippen molar-refractivity contribution < 1.29 is 0 Å². The molecule has 1 nitrogen and oxygen atoms in total. The van der Waals surface area contributed by atoms with Crippen LogP contribution >= 0.6 is 0 Å². The number of unbranched alkanes of at least 4 members (excludes halogenated alkanes) is 1. The average Bonchev–Trinajstić information content (AvgIpc) is 2.15. The molecule has 0 spiro atoms. The van der Waals surface area contributed by atoms with Gasteiger partial charge in [0.2, 0.25) is 0 Å². The Hall–Kier alpha value is -0.980. The minimum absolute atomic E-state index is 0.580. The summed E-state index contributed by atoms with van der Waals surface area (Å²) in [6.45, 7) is 6.61. The Kier molecular flexibility index (Phi) is 4.51. The van der Waals surface area contributed by atoms with Crippen molar-refractivity contribution in [3.63, 3.8) is 0 Å². The van der Waals surface area contributed by atoms with Gasteiger partial charge < -0.3 is 5.32 Å². The third-order valence-corrected chi connectivity index (χ3v) is 2.42. The van der Waals surface area contributed by atoms with Crippen molar-refractivity contribution in [3.8, 4) is 0 Å². The van der Waals surface area contributed by atoms with Crippen LogP contribution in [0, 0.1) is 6.92 Å². The SMILES string of the molecule is CCCCC(C)Nc1cccc(C)c1. The highest BCUT2D eigenvalue weighted by Gasteiger charge is 2.00. The smallest absolute Gasteiger partial charge is 0.0344 e. The van der Waals surface area contributed by atoms with Crippen LogP contribution in [0.15, 0.2) is 24.3 Å². The highest BCUT2D eigenvalue weighted by Crippen LogP contribution is 2.12. The van der Waals surface area contributed by atoms with Crippen molar-refractivity contribution >= 4 is 5.69 Å². The lowest BCUT2D eigenvalue weighted by molar-refractivity contribution is 0.645. The molecule has 0 aromatic heterocycles. The second kappa shape index (κ2) is 5.69. The van der Waals surface area contributed by atoms with Crippen molar-refractivity contribution in [2.45, 2.75) is 46.1 Å². The molecule has 0 saturated heterocycles. The molecule has 1 unspecified atom stereocenters. The van der Waals surface area contributed by atoms with Crippen molar-refractivity contribution in [2.75, 3.05) is 5.32 Å². The molecule has 1 heteroatoms. The molecule has 1 atom stereocenters. The third kappa shape index (κ3) is 3.82. The fraction of sp³-hybridized carbons (Fsp3) is 0.538. The lowest BCUT2D eigenvalue weighted by Gasteiger charge is -2.14. The monoisotopic (exact) mass is 191 g/mol. The molecule has 1 N–H and O–H groups in total. The first-order valence-corrected chi connectivity index (χ1v) is 5.55. The molecule has 0 aliphatic rings. The van der Waals surface area contributed by atoms with Gasteiger partial charge in [0.05, 0.1) is 0 Å². The summed E-state index contributed by atoms with van der Waals surface area (Å²) in [4.78, 5) is 0. The van der Waals surface area contributed by atoms with Gasteiger partial charge in [-0.15, -0.1) is 0 Å². The molecule has 78 valence electrons. The maximum absolute atomic E-state index is 3.52. The summed E-state index contributed by atoms with van der Waals surface area (Å²) < 4.78 is 0. The first kappa shape index (κ1) is 11.1. The van der Waals surface area contributed by atoms with Crippen molar-refractivity contribution in [2.24, 2.45) is 0 Å². The van der Waals surface area contributed by atoms with Crippen molar-refractivity contribution in [1.82, 2.24) is 0 Å². The van der Waals surface area contributed by atoms with E-state index in [9.17, 15) is 0 Å². The molecule has 0 fully saturated rings. The van der Waals surface area contributed by atoms with Crippen LogP contribution in [-0.2, 0) is 0 Å². The summed E-state index contributed by atoms with van der Waals surface area (Å²) in [6.07, 6.45) is 3.84. The van der Waals surface area contributed by atoms with E-state index in [4.69, 9.17) is 0 Å². The zero-order chi connectivity index (χ0) is 10.4. The van der Waals surface area contributed by atoms with E-state index in [1.807, 2.05) is 0 Å². The van der Waals surface area contributed by atoms with Gasteiger partial charge >= 0.3 is 0 Å². The zero-order valence-electron chi connectivity index (χ0n) is 9.51. The molecule has 0 amide bonds. The number of aryl methyl sites for hydroxylation is 1. The zero-order valence-corrected chi connectivity index (χ0v) is 9.51. The fourth-order valence-corrected chi connectivity index (χ4v) is 1.60. The Morgan fingerprint density at radius 1 is 1.36 bits per heavy atom. The Morgan fingerprint density at radius 3 is 2.79 bits per heavy atom. The predicted molar refractivity (Wildman–Crippen MR) is 63.8 cm³/mol. The molecule has 0 radical (unpaired) electrons. The summed E-state index contributed by atoms with van der Waals surface area (Å²) >= 11 is 0. The Labute approximate surface area is 87.5 Å². The first-order valence-electron chi connectivity index (χ1n) is 5.55. The highest BCUT2D eigenvalue weighted by atomic mass is 14.9. The number of benzene rings is 1. The van der Waals surface area contributed by atoms with Crippen LogP contribution in [-0.4, -0.2) is 6.04 Å². The molecular weight excluding hydrogens is 170 g/mol. The quantitative estimate of drug-likeness (QED) is 0.742. The lowest BCUT2D eigenvalue weighted by atomic mass is 10.1. The van der Waals surface area contributed by atoms with Crippen molar-refractivity contribution in [1.29, 1.82) is 0 Å². The molecule has 0 aliphatic heterocycles. The topological polar surface area (TPSA) is 12.0 Å². The van der Waals surface area contributed by atoms with Gasteiger partial charge in [-0.25, -0.2) is 0 Å². The van der Waals surface area contributed by atoms with Gasteiger partial charge in [0, 0.05) is 11.7 Å². The number of rotatable bonds is 5. The summed E-state index contributed by atoms with van der Waals surface area (Å²) in [5.41, 5.74) is 2.56. The maximum Gasteiger partial charge on any atom is 0.0344 e. The Bertz CT molecular complexity index is 268. The number of hydrogen-bond donors (Lipinski definition) is 1. The lowest BCUT2D eigenvalue weighted by Crippen LogP contribution is -2.14. The molecule has 0 bridgehead atoms. The average molecular weight is 191 g/mol. The van der Waals surface area contributed by atoms with Gasteiger partial charge in [-0.05, 0) is 38.0 Å². The van der Waals surface area contributed by atoms with Crippen LogP contribution in [0.1, 0.15) is 38.7 Å². The molecule has 0 aliphatic carbocycles. The van der Waals surface area contributed by atoms with E-state index in [0.717, 1.165) is 0 Å². The van der Waals surface area contributed by atoms with Gasteiger partial charge in [-0.2, -0.15) is 0 Å². The Morgan fingerprint density at radius 2 is 2.14 bits per heavy atom. The molecule has 0 saturated carbocycles. The van der Waals surface area contributed by atoms with Gasteiger partial charge in [-0.3, -0.25) is 0 Å². The summed E-state index contributed by atoms with van der Waals surface area (Å²) in [6, 6.07) is 9.14. The van der Waals surface area contributed by atoms with E-state index >= 15 is 0 Å². The molecule has 1 rings (SSSR count). The van der Waals surface area contributed by atoms with Crippen LogP contribution in [0.3, 0.4) is 0 Å². The second-order valence-electron chi connectivity index (χ2n) is 4.06. The molecule has 1 aromatic rings. The number of hydrogen-bond acceptors (Lipinski definition) is 1. The van der Waals surface area contributed by atoms with Gasteiger partial charge in [-0.1, -0.05) is 31.9 Å². The van der Waals surface area contributed by atoms with Crippen molar-refractivity contribution in [3.05, 3.63) is 29.8 Å². The normalized spacial score (nSPS) is 12.5. The van der Waals surface area contributed by atoms with Gasteiger partial charge in [0.25, 0.3) is 0 Å². The fourth-order valence-electron chi connectivity index (χ4n) is 1.60. The summed E-state index contributed by atoms with van der Waals surface area (Å²) in [5, 5.41) is 3.52. The first-order chi connectivity index (χ1) is 6.72. The standard InChI is InChI=1S/C13H21N/c1-4-5-8-12(3)14-13-9-6-7-11(2)10-13/h6-7,9-10,12,14H,4-5,8H2,1-3H3. The van der Waals surface area contributed by atoms with Gasteiger partial charge in [0.1, 0.15) is 0 Å².